The van der Waals surface area contributed by atoms with Crippen LogP contribution in [-0.2, 0) is 4.79 Å². The maximum Gasteiger partial charge on any atom is 0.227 e. The molecule has 0 spiro atoms. The lowest BCUT2D eigenvalue weighted by Gasteiger charge is -2.06. The Labute approximate surface area is 95.8 Å². The molecule has 0 bridgehead atoms. The standard InChI is InChI=1S/C13H17NO2/c1-3-16-11-6-4-10(5-7-11)14-13(15)12-8-9(12)2/h4-7,9,12H,3,8H2,1-2H3,(H,14,15). The monoisotopic (exact) mass is 219 g/mol. The van der Waals surface area contributed by atoms with Gasteiger partial charge in [0.25, 0.3) is 0 Å². The minimum absolute atomic E-state index is 0.136. The fraction of sp³-hybridized carbons (Fsp3) is 0.462. The summed E-state index contributed by atoms with van der Waals surface area (Å²) in [6.07, 6.45) is 1.02. The predicted octanol–water partition coefficient (Wildman–Crippen LogP) is 2.68. The summed E-state index contributed by atoms with van der Waals surface area (Å²) in [6, 6.07) is 7.48. The molecule has 0 radical (unpaired) electrons. The van der Waals surface area contributed by atoms with Gasteiger partial charge in [0.1, 0.15) is 5.75 Å². The van der Waals surface area contributed by atoms with E-state index in [4.69, 9.17) is 4.74 Å². The van der Waals surface area contributed by atoms with E-state index in [1.54, 1.807) is 0 Å². The molecule has 0 aromatic heterocycles. The molecular weight excluding hydrogens is 202 g/mol. The zero-order valence-corrected chi connectivity index (χ0v) is 9.69. The van der Waals surface area contributed by atoms with E-state index in [2.05, 4.69) is 12.2 Å². The molecule has 1 N–H and O–H groups in total. The van der Waals surface area contributed by atoms with Gasteiger partial charge in [0.2, 0.25) is 5.91 Å². The van der Waals surface area contributed by atoms with E-state index in [0.29, 0.717) is 12.5 Å². The Morgan fingerprint density at radius 1 is 1.44 bits per heavy atom. The fourth-order valence-corrected chi connectivity index (χ4v) is 1.72. The van der Waals surface area contributed by atoms with Gasteiger partial charge in [0.05, 0.1) is 6.61 Å². The molecule has 1 aromatic rings. The highest BCUT2D eigenvalue weighted by molar-refractivity contribution is 5.94. The minimum atomic E-state index is 0.136. The number of carbonyl (C=O) groups excluding carboxylic acids is 1. The molecule has 1 saturated carbocycles. The Hall–Kier alpha value is -1.51. The first-order valence-corrected chi connectivity index (χ1v) is 5.74. The molecule has 3 heteroatoms. The third kappa shape index (κ3) is 2.54. The lowest BCUT2D eigenvalue weighted by atomic mass is 10.2. The van der Waals surface area contributed by atoms with Gasteiger partial charge in [-0.1, -0.05) is 6.92 Å². The van der Waals surface area contributed by atoms with Crippen LogP contribution in [0.5, 0.6) is 5.75 Å². The summed E-state index contributed by atoms with van der Waals surface area (Å²) < 4.78 is 5.33. The zero-order chi connectivity index (χ0) is 11.5. The van der Waals surface area contributed by atoms with Crippen LogP contribution < -0.4 is 10.1 Å². The second-order valence-corrected chi connectivity index (χ2v) is 4.27. The van der Waals surface area contributed by atoms with Crippen molar-refractivity contribution in [1.29, 1.82) is 0 Å². The van der Waals surface area contributed by atoms with Crippen molar-refractivity contribution in [3.8, 4) is 5.75 Å². The summed E-state index contributed by atoms with van der Waals surface area (Å²) in [5.41, 5.74) is 0.840. The normalized spacial score (nSPS) is 22.6. The minimum Gasteiger partial charge on any atom is -0.494 e. The van der Waals surface area contributed by atoms with Crippen molar-refractivity contribution in [2.24, 2.45) is 11.8 Å². The van der Waals surface area contributed by atoms with Gasteiger partial charge in [0, 0.05) is 11.6 Å². The maximum atomic E-state index is 11.7. The number of anilines is 1. The third-order valence-corrected chi connectivity index (χ3v) is 2.88. The van der Waals surface area contributed by atoms with Crippen molar-refractivity contribution >= 4 is 11.6 Å². The summed E-state index contributed by atoms with van der Waals surface area (Å²) in [5, 5.41) is 2.91. The molecule has 1 aromatic carbocycles. The number of ether oxygens (including phenoxy) is 1. The summed E-state index contributed by atoms with van der Waals surface area (Å²) in [5.74, 6) is 1.73. The molecule has 1 fully saturated rings. The lowest BCUT2D eigenvalue weighted by Crippen LogP contribution is -2.14. The molecule has 0 aliphatic heterocycles. The van der Waals surface area contributed by atoms with Crippen LogP contribution in [0.1, 0.15) is 20.3 Å². The SMILES string of the molecule is CCOc1ccc(NC(=O)C2CC2C)cc1. The van der Waals surface area contributed by atoms with E-state index in [1.807, 2.05) is 31.2 Å². The molecule has 3 nitrogen and oxygen atoms in total. The summed E-state index contributed by atoms with van der Waals surface area (Å²) in [4.78, 5) is 11.7. The van der Waals surface area contributed by atoms with Gasteiger partial charge in [0.15, 0.2) is 0 Å². The first-order chi connectivity index (χ1) is 7.70. The van der Waals surface area contributed by atoms with Crippen LogP contribution in [0.3, 0.4) is 0 Å². The average Bonchev–Trinajstić information content (AvgIpc) is 2.99. The molecule has 2 unspecified atom stereocenters. The van der Waals surface area contributed by atoms with Crippen molar-refractivity contribution in [3.05, 3.63) is 24.3 Å². The molecule has 1 aliphatic carbocycles. The highest BCUT2D eigenvalue weighted by Crippen LogP contribution is 2.38. The van der Waals surface area contributed by atoms with Gasteiger partial charge in [-0.15, -0.1) is 0 Å². The number of benzene rings is 1. The van der Waals surface area contributed by atoms with Gasteiger partial charge in [-0.3, -0.25) is 4.79 Å². The average molecular weight is 219 g/mol. The van der Waals surface area contributed by atoms with Crippen molar-refractivity contribution in [2.75, 3.05) is 11.9 Å². The Morgan fingerprint density at radius 2 is 2.06 bits per heavy atom. The number of hydrogen-bond donors (Lipinski definition) is 1. The lowest BCUT2D eigenvalue weighted by molar-refractivity contribution is -0.117. The van der Waals surface area contributed by atoms with Crippen molar-refractivity contribution in [1.82, 2.24) is 0 Å². The molecule has 1 aliphatic rings. The van der Waals surface area contributed by atoms with E-state index < -0.39 is 0 Å². The molecule has 0 heterocycles. The number of carbonyl (C=O) groups is 1. The molecule has 2 rings (SSSR count). The van der Waals surface area contributed by atoms with Crippen LogP contribution in [0.15, 0.2) is 24.3 Å². The van der Waals surface area contributed by atoms with E-state index in [-0.39, 0.29) is 11.8 Å². The Bertz CT molecular complexity index is 372. The molecule has 1 amide bonds. The van der Waals surface area contributed by atoms with Gasteiger partial charge >= 0.3 is 0 Å². The quantitative estimate of drug-likeness (QED) is 0.845. The second-order valence-electron chi connectivity index (χ2n) is 4.27. The second kappa shape index (κ2) is 4.56. The van der Waals surface area contributed by atoms with Crippen LogP contribution in [0.25, 0.3) is 0 Å². The molecule has 2 atom stereocenters. The van der Waals surface area contributed by atoms with E-state index in [0.717, 1.165) is 17.9 Å². The molecule has 16 heavy (non-hydrogen) atoms. The largest absolute Gasteiger partial charge is 0.494 e. The van der Waals surface area contributed by atoms with Gasteiger partial charge < -0.3 is 10.1 Å². The van der Waals surface area contributed by atoms with Crippen molar-refractivity contribution < 1.29 is 9.53 Å². The van der Waals surface area contributed by atoms with E-state index in [9.17, 15) is 4.79 Å². The first-order valence-electron chi connectivity index (χ1n) is 5.74. The Kier molecular flexibility index (Phi) is 3.13. The third-order valence-electron chi connectivity index (χ3n) is 2.88. The number of nitrogens with one attached hydrogen (secondary N) is 1. The Balaban J connectivity index is 1.92. The summed E-state index contributed by atoms with van der Waals surface area (Å²) in [7, 11) is 0. The smallest absolute Gasteiger partial charge is 0.227 e. The van der Waals surface area contributed by atoms with Crippen LogP contribution in [-0.4, -0.2) is 12.5 Å². The van der Waals surface area contributed by atoms with Crippen LogP contribution in [0.4, 0.5) is 5.69 Å². The zero-order valence-electron chi connectivity index (χ0n) is 9.69. The summed E-state index contributed by atoms with van der Waals surface area (Å²) in [6.45, 7) is 4.71. The number of hydrogen-bond acceptors (Lipinski definition) is 2. The predicted molar refractivity (Wildman–Crippen MR) is 63.5 cm³/mol. The molecule has 0 saturated heterocycles. The maximum absolute atomic E-state index is 11.7. The Morgan fingerprint density at radius 3 is 2.56 bits per heavy atom. The fourth-order valence-electron chi connectivity index (χ4n) is 1.72. The number of amides is 1. The number of rotatable bonds is 4. The first kappa shape index (κ1) is 11.0. The van der Waals surface area contributed by atoms with Crippen LogP contribution >= 0.6 is 0 Å². The van der Waals surface area contributed by atoms with E-state index >= 15 is 0 Å². The van der Waals surface area contributed by atoms with Crippen LogP contribution in [0, 0.1) is 11.8 Å². The van der Waals surface area contributed by atoms with Crippen molar-refractivity contribution in [3.63, 3.8) is 0 Å². The van der Waals surface area contributed by atoms with E-state index in [1.165, 1.54) is 0 Å². The van der Waals surface area contributed by atoms with Crippen LogP contribution in [0.2, 0.25) is 0 Å². The topological polar surface area (TPSA) is 38.3 Å². The highest BCUT2D eigenvalue weighted by atomic mass is 16.5. The van der Waals surface area contributed by atoms with Gasteiger partial charge in [-0.25, -0.2) is 0 Å². The highest BCUT2D eigenvalue weighted by Gasteiger charge is 2.38. The summed E-state index contributed by atoms with van der Waals surface area (Å²) >= 11 is 0. The van der Waals surface area contributed by atoms with Gasteiger partial charge in [-0.05, 0) is 43.5 Å². The van der Waals surface area contributed by atoms with Crippen molar-refractivity contribution in [2.45, 2.75) is 20.3 Å². The molecular formula is C13H17NO2. The van der Waals surface area contributed by atoms with Gasteiger partial charge in [-0.2, -0.15) is 0 Å². The molecule has 86 valence electrons.